The first kappa shape index (κ1) is 23.5. The molecule has 1 N–H and O–H groups in total. The van der Waals surface area contributed by atoms with Gasteiger partial charge in [0, 0.05) is 31.7 Å². The third-order valence-corrected chi connectivity index (χ3v) is 6.01. The number of hydrogen-bond donors (Lipinski definition) is 1. The van der Waals surface area contributed by atoms with E-state index in [1.807, 2.05) is 33.0 Å². The first-order valence-electron chi connectivity index (χ1n) is 11.2. The zero-order chi connectivity index (χ0) is 25.4. The van der Waals surface area contributed by atoms with Crippen LogP contribution in [0.15, 0.2) is 55.1 Å². The normalized spacial score (nSPS) is 11.8. The van der Waals surface area contributed by atoms with Crippen molar-refractivity contribution in [1.29, 1.82) is 0 Å². The predicted molar refractivity (Wildman–Crippen MR) is 129 cm³/mol. The Hall–Kier alpha value is -4.28. The number of imidazole rings is 1. The summed E-state index contributed by atoms with van der Waals surface area (Å²) in [5.74, 6) is 1.04. The van der Waals surface area contributed by atoms with Crippen LogP contribution in [0.1, 0.15) is 28.1 Å². The molecule has 0 saturated carbocycles. The summed E-state index contributed by atoms with van der Waals surface area (Å²) in [7, 11) is 1.86. The lowest BCUT2D eigenvalue weighted by Gasteiger charge is -2.11. The molecule has 0 radical (unpaired) electrons. The Balaban J connectivity index is 1.57. The Labute approximate surface area is 204 Å². The van der Waals surface area contributed by atoms with E-state index in [-0.39, 0.29) is 0 Å². The van der Waals surface area contributed by atoms with Crippen molar-refractivity contribution in [2.45, 2.75) is 33.1 Å². The number of nitrogens with one attached hydrogen (secondary N) is 1. The Bertz CT molecular complexity index is 1520. The average Bonchev–Trinajstić information content (AvgIpc) is 3.37. The summed E-state index contributed by atoms with van der Waals surface area (Å²) in [5, 5.41) is 7.83. The van der Waals surface area contributed by atoms with Gasteiger partial charge in [-0.2, -0.15) is 18.3 Å². The number of benzene rings is 1. The quantitative estimate of drug-likeness (QED) is 0.362. The van der Waals surface area contributed by atoms with Crippen LogP contribution in [0.2, 0.25) is 0 Å². The summed E-state index contributed by atoms with van der Waals surface area (Å²) >= 11 is 0. The number of hydrogen-bond acceptors (Lipinski definition) is 6. The number of aromatic nitrogens is 7. The number of nitrogens with zero attached hydrogens (tertiary/aromatic N) is 7. The first-order valence-corrected chi connectivity index (χ1v) is 11.2. The SMILES string of the molecule is Cc1nn(C)c(C)c1-c1nc(NCc2cccnc2)c2ncn(Cc3ccc(C(F)(F)F)cc3)c2n1. The molecule has 5 rings (SSSR count). The fraction of sp³-hybridized carbons (Fsp3) is 0.240. The van der Waals surface area contributed by atoms with Crippen molar-refractivity contribution < 1.29 is 13.2 Å². The average molecular weight is 493 g/mol. The third kappa shape index (κ3) is 4.51. The van der Waals surface area contributed by atoms with Gasteiger partial charge < -0.3 is 9.88 Å². The molecule has 0 atom stereocenters. The number of aryl methyl sites for hydroxylation is 2. The first-order chi connectivity index (χ1) is 17.2. The van der Waals surface area contributed by atoms with Gasteiger partial charge in [-0.15, -0.1) is 0 Å². The van der Waals surface area contributed by atoms with E-state index in [2.05, 4.69) is 20.4 Å². The highest BCUT2D eigenvalue weighted by Gasteiger charge is 2.30. The molecule has 0 saturated heterocycles. The zero-order valence-corrected chi connectivity index (χ0v) is 19.9. The fourth-order valence-electron chi connectivity index (χ4n) is 4.08. The second kappa shape index (κ2) is 9.06. The van der Waals surface area contributed by atoms with Gasteiger partial charge in [0.2, 0.25) is 0 Å². The molecule has 0 fully saturated rings. The molecule has 1 aromatic carbocycles. The van der Waals surface area contributed by atoms with Gasteiger partial charge in [0.05, 0.1) is 29.7 Å². The van der Waals surface area contributed by atoms with Crippen LogP contribution in [-0.2, 0) is 26.3 Å². The van der Waals surface area contributed by atoms with Crippen LogP contribution in [0.4, 0.5) is 19.0 Å². The van der Waals surface area contributed by atoms with Crippen molar-refractivity contribution in [2.75, 3.05) is 5.32 Å². The molecule has 36 heavy (non-hydrogen) atoms. The van der Waals surface area contributed by atoms with Crippen molar-refractivity contribution in [3.8, 4) is 11.4 Å². The predicted octanol–water partition coefficient (Wildman–Crippen LogP) is 4.92. The molecule has 0 spiro atoms. The van der Waals surface area contributed by atoms with Gasteiger partial charge in [-0.25, -0.2) is 15.0 Å². The van der Waals surface area contributed by atoms with Crippen LogP contribution in [0.25, 0.3) is 22.6 Å². The highest BCUT2D eigenvalue weighted by molar-refractivity contribution is 5.85. The Morgan fingerprint density at radius 2 is 1.78 bits per heavy atom. The maximum Gasteiger partial charge on any atom is 0.416 e. The molecular formula is C25H23F3N8. The van der Waals surface area contributed by atoms with Gasteiger partial charge in [0.1, 0.15) is 5.52 Å². The van der Waals surface area contributed by atoms with Gasteiger partial charge in [-0.05, 0) is 43.2 Å². The molecule has 11 heteroatoms. The van der Waals surface area contributed by atoms with Gasteiger partial charge >= 0.3 is 6.18 Å². The van der Waals surface area contributed by atoms with Crippen molar-refractivity contribution in [3.05, 3.63) is 83.2 Å². The van der Waals surface area contributed by atoms with Crippen LogP contribution in [-0.4, -0.2) is 34.3 Å². The molecule has 0 aliphatic carbocycles. The summed E-state index contributed by atoms with van der Waals surface area (Å²) in [6.45, 7) is 4.64. The smallest absolute Gasteiger partial charge is 0.364 e. The van der Waals surface area contributed by atoms with Gasteiger partial charge in [0.15, 0.2) is 17.3 Å². The number of rotatable bonds is 6. The number of fused-ring (bicyclic) bond motifs is 1. The lowest BCUT2D eigenvalue weighted by atomic mass is 10.1. The maximum absolute atomic E-state index is 13.0. The Morgan fingerprint density at radius 1 is 1.00 bits per heavy atom. The maximum atomic E-state index is 13.0. The molecule has 8 nitrogen and oxygen atoms in total. The van der Waals surface area contributed by atoms with Crippen molar-refractivity contribution in [1.82, 2.24) is 34.3 Å². The molecule has 4 aromatic heterocycles. The monoisotopic (exact) mass is 492 g/mol. The van der Waals surface area contributed by atoms with E-state index in [4.69, 9.17) is 9.97 Å². The van der Waals surface area contributed by atoms with E-state index in [1.165, 1.54) is 12.1 Å². The van der Waals surface area contributed by atoms with Crippen LogP contribution in [0.5, 0.6) is 0 Å². The number of pyridine rings is 1. The van der Waals surface area contributed by atoms with Gasteiger partial charge in [-0.1, -0.05) is 18.2 Å². The molecule has 4 heterocycles. The summed E-state index contributed by atoms with van der Waals surface area (Å²) in [6, 6.07) is 8.91. The summed E-state index contributed by atoms with van der Waals surface area (Å²) in [5.41, 5.74) is 4.65. The molecule has 0 unspecified atom stereocenters. The zero-order valence-electron chi connectivity index (χ0n) is 19.9. The molecule has 0 amide bonds. The van der Waals surface area contributed by atoms with E-state index in [9.17, 15) is 13.2 Å². The van der Waals surface area contributed by atoms with Crippen molar-refractivity contribution >= 4 is 17.0 Å². The number of anilines is 1. The van der Waals surface area contributed by atoms with Crippen molar-refractivity contribution in [2.24, 2.45) is 7.05 Å². The van der Waals surface area contributed by atoms with Crippen LogP contribution in [0.3, 0.4) is 0 Å². The molecule has 184 valence electrons. The molecular weight excluding hydrogens is 469 g/mol. The van der Waals surface area contributed by atoms with Gasteiger partial charge in [0.25, 0.3) is 0 Å². The minimum atomic E-state index is -4.38. The minimum Gasteiger partial charge on any atom is -0.364 e. The van der Waals surface area contributed by atoms with E-state index < -0.39 is 11.7 Å². The van der Waals surface area contributed by atoms with Crippen molar-refractivity contribution in [3.63, 3.8) is 0 Å². The number of halogens is 3. The lowest BCUT2D eigenvalue weighted by molar-refractivity contribution is -0.137. The van der Waals surface area contributed by atoms with Crippen LogP contribution in [0, 0.1) is 13.8 Å². The van der Waals surface area contributed by atoms with Gasteiger partial charge in [-0.3, -0.25) is 9.67 Å². The molecule has 0 bridgehead atoms. The van der Waals surface area contributed by atoms with E-state index in [0.717, 1.165) is 34.6 Å². The standard InChI is InChI=1S/C25H23F3N8/c1-15-20(16(2)35(3)34-15)22-32-23(30-12-18-5-4-10-29-11-18)21-24(33-22)36(14-31-21)13-17-6-8-19(9-7-17)25(26,27)28/h4-11,14H,12-13H2,1-3H3,(H,30,32,33). The topological polar surface area (TPSA) is 86.3 Å². The second-order valence-corrected chi connectivity index (χ2v) is 8.52. The third-order valence-electron chi connectivity index (χ3n) is 6.01. The van der Waals surface area contributed by atoms with E-state index in [1.54, 1.807) is 28.0 Å². The molecule has 0 aliphatic heterocycles. The Kier molecular flexibility index (Phi) is 5.91. The summed E-state index contributed by atoms with van der Waals surface area (Å²) < 4.78 is 42.5. The second-order valence-electron chi connectivity index (χ2n) is 8.52. The Morgan fingerprint density at radius 3 is 2.42 bits per heavy atom. The molecule has 5 aromatic rings. The number of alkyl halides is 3. The van der Waals surface area contributed by atoms with E-state index >= 15 is 0 Å². The molecule has 0 aliphatic rings. The van der Waals surface area contributed by atoms with E-state index in [0.29, 0.717) is 41.5 Å². The van der Waals surface area contributed by atoms with Crippen LogP contribution >= 0.6 is 0 Å². The van der Waals surface area contributed by atoms with Crippen LogP contribution < -0.4 is 5.32 Å². The minimum absolute atomic E-state index is 0.304. The summed E-state index contributed by atoms with van der Waals surface area (Å²) in [4.78, 5) is 18.3. The summed E-state index contributed by atoms with van der Waals surface area (Å²) in [6.07, 6.45) is 0.724. The fourth-order valence-corrected chi connectivity index (χ4v) is 4.08. The highest BCUT2D eigenvalue weighted by atomic mass is 19.4. The lowest BCUT2D eigenvalue weighted by Crippen LogP contribution is -2.07. The largest absolute Gasteiger partial charge is 0.416 e. The highest BCUT2D eigenvalue weighted by Crippen LogP contribution is 2.31.